The molecule has 0 radical (unpaired) electrons. The molecule has 0 unspecified atom stereocenters. The monoisotopic (exact) mass is 136 g/mol. The third kappa shape index (κ3) is 4.31. The van der Waals surface area contributed by atoms with E-state index < -0.39 is 0 Å². The Kier molecular flexibility index (Phi) is 5.80. The fourth-order valence-electron chi connectivity index (χ4n) is 0.440. The maximum atomic E-state index is 8.34. The zero-order valence-corrected chi connectivity index (χ0v) is 5.16. The normalized spacial score (nSPS) is 10.7. The highest BCUT2D eigenvalue weighted by Gasteiger charge is 1.99. The summed E-state index contributed by atoms with van der Waals surface area (Å²) in [5, 5.41) is 17.9. The molecule has 0 aliphatic carbocycles. The molecule has 0 amide bonds. The maximum absolute atomic E-state index is 8.34. The van der Waals surface area contributed by atoms with E-state index in [1.54, 1.807) is 0 Å². The zero-order valence-electron chi connectivity index (χ0n) is 5.16. The van der Waals surface area contributed by atoms with Crippen LogP contribution in [0.3, 0.4) is 0 Å². The highest BCUT2D eigenvalue weighted by Crippen LogP contribution is 1.81. The molecule has 0 aliphatic rings. The third-order valence-corrected chi connectivity index (χ3v) is 0.848. The summed E-state index contributed by atoms with van der Waals surface area (Å²) < 4.78 is 0. The van der Waals surface area contributed by atoms with Crippen LogP contribution in [0.15, 0.2) is 0 Å². The van der Waals surface area contributed by atoms with Gasteiger partial charge in [-0.25, -0.2) is 4.94 Å². The standard InChI is InChI=1S/C4H12N2O3/c5-9-6(1-3-7)2-4-8/h7-8H,1-5H2. The van der Waals surface area contributed by atoms with Crippen molar-refractivity contribution in [3.63, 3.8) is 0 Å². The number of hydroxylamine groups is 2. The highest BCUT2D eigenvalue weighted by atomic mass is 16.8. The molecule has 0 saturated carbocycles. The zero-order chi connectivity index (χ0) is 7.11. The van der Waals surface area contributed by atoms with Crippen LogP contribution in [0, 0.1) is 0 Å². The molecule has 0 aromatic rings. The minimum absolute atomic E-state index is 0.0306. The quantitative estimate of drug-likeness (QED) is 0.384. The van der Waals surface area contributed by atoms with Crippen LogP contribution < -0.4 is 5.90 Å². The lowest BCUT2D eigenvalue weighted by atomic mass is 10.6. The Morgan fingerprint density at radius 1 is 1.22 bits per heavy atom. The van der Waals surface area contributed by atoms with Gasteiger partial charge in [-0.2, -0.15) is 11.0 Å². The summed E-state index contributed by atoms with van der Waals surface area (Å²) in [4.78, 5) is 4.24. The lowest BCUT2D eigenvalue weighted by Crippen LogP contribution is -2.32. The summed E-state index contributed by atoms with van der Waals surface area (Å²) in [7, 11) is 0. The largest absolute Gasteiger partial charge is 0.395 e. The van der Waals surface area contributed by atoms with Gasteiger partial charge in [0.2, 0.25) is 0 Å². The van der Waals surface area contributed by atoms with Crippen molar-refractivity contribution in [1.29, 1.82) is 0 Å². The van der Waals surface area contributed by atoms with Gasteiger partial charge in [-0.05, 0) is 0 Å². The second kappa shape index (κ2) is 5.93. The molecule has 5 heteroatoms. The lowest BCUT2D eigenvalue weighted by Gasteiger charge is -2.14. The van der Waals surface area contributed by atoms with E-state index in [1.165, 1.54) is 5.06 Å². The molecule has 5 nitrogen and oxygen atoms in total. The first-order chi connectivity index (χ1) is 4.35. The van der Waals surface area contributed by atoms with E-state index in [2.05, 4.69) is 4.94 Å². The molecule has 56 valence electrons. The average Bonchev–Trinajstić information content (AvgIpc) is 1.88. The predicted octanol–water partition coefficient (Wildman–Crippen LogP) is -1.92. The summed E-state index contributed by atoms with van der Waals surface area (Å²) >= 11 is 0. The first-order valence-electron chi connectivity index (χ1n) is 2.68. The summed E-state index contributed by atoms with van der Waals surface area (Å²) in [5.41, 5.74) is 0. The highest BCUT2D eigenvalue weighted by molar-refractivity contribution is 4.40. The van der Waals surface area contributed by atoms with Crippen LogP contribution in [0.2, 0.25) is 0 Å². The van der Waals surface area contributed by atoms with Gasteiger partial charge in [0.1, 0.15) is 0 Å². The molecule has 0 fully saturated rings. The Bertz CT molecular complexity index is 55.8. The topological polar surface area (TPSA) is 79.0 Å². The summed E-state index contributed by atoms with van der Waals surface area (Å²) in [6.07, 6.45) is 0. The molecule has 0 heterocycles. The molecule has 4 N–H and O–H groups in total. The number of nitrogens with two attached hydrogens (primary N) is 1. The molecular weight excluding hydrogens is 124 g/mol. The molecule has 9 heavy (non-hydrogen) atoms. The van der Waals surface area contributed by atoms with E-state index in [4.69, 9.17) is 16.1 Å². The molecule has 0 aromatic heterocycles. The number of aliphatic hydroxyl groups excluding tert-OH is 2. The number of nitrogens with zero attached hydrogens (tertiary/aromatic N) is 1. The smallest absolute Gasteiger partial charge is 0.0582 e. The van der Waals surface area contributed by atoms with Crippen LogP contribution >= 0.6 is 0 Å². The van der Waals surface area contributed by atoms with Gasteiger partial charge < -0.3 is 10.2 Å². The Morgan fingerprint density at radius 2 is 1.67 bits per heavy atom. The first-order valence-corrected chi connectivity index (χ1v) is 2.68. The fraction of sp³-hybridized carbons (Fsp3) is 1.00. The first kappa shape index (κ1) is 8.80. The molecule has 0 aromatic carbocycles. The minimum atomic E-state index is -0.0306. The van der Waals surface area contributed by atoms with Gasteiger partial charge in [-0.15, -0.1) is 0 Å². The molecule has 0 rings (SSSR count). The van der Waals surface area contributed by atoms with Crippen molar-refractivity contribution in [1.82, 2.24) is 5.06 Å². The van der Waals surface area contributed by atoms with Gasteiger partial charge in [-0.3, -0.25) is 0 Å². The van der Waals surface area contributed by atoms with Gasteiger partial charge >= 0.3 is 0 Å². The van der Waals surface area contributed by atoms with Crippen molar-refractivity contribution in [2.24, 2.45) is 5.90 Å². The van der Waals surface area contributed by atoms with E-state index in [-0.39, 0.29) is 13.2 Å². The van der Waals surface area contributed by atoms with Crippen molar-refractivity contribution in [3.8, 4) is 0 Å². The number of aliphatic hydroxyl groups is 2. The van der Waals surface area contributed by atoms with Gasteiger partial charge in [0.05, 0.1) is 13.2 Å². The minimum Gasteiger partial charge on any atom is -0.395 e. The van der Waals surface area contributed by atoms with Crippen LogP contribution in [0.1, 0.15) is 0 Å². The van der Waals surface area contributed by atoms with Crippen molar-refractivity contribution in [3.05, 3.63) is 0 Å². The number of hydrogen-bond acceptors (Lipinski definition) is 5. The third-order valence-electron chi connectivity index (χ3n) is 0.848. The van der Waals surface area contributed by atoms with Gasteiger partial charge in [-0.1, -0.05) is 0 Å². The summed E-state index contributed by atoms with van der Waals surface area (Å²) in [6.45, 7) is 0.572. The van der Waals surface area contributed by atoms with Crippen molar-refractivity contribution in [2.45, 2.75) is 0 Å². The number of hydrogen-bond donors (Lipinski definition) is 3. The van der Waals surface area contributed by atoms with Crippen LogP contribution in [0.25, 0.3) is 0 Å². The lowest BCUT2D eigenvalue weighted by molar-refractivity contribution is -0.172. The number of rotatable bonds is 5. The van der Waals surface area contributed by atoms with Gasteiger partial charge in [0, 0.05) is 13.1 Å². The Balaban J connectivity index is 3.18. The molecule has 0 atom stereocenters. The van der Waals surface area contributed by atoms with Crippen LogP contribution in [-0.4, -0.2) is 41.6 Å². The van der Waals surface area contributed by atoms with E-state index in [0.717, 1.165) is 0 Å². The molecule has 0 bridgehead atoms. The van der Waals surface area contributed by atoms with Crippen LogP contribution in [-0.2, 0) is 4.94 Å². The van der Waals surface area contributed by atoms with Crippen molar-refractivity contribution in [2.75, 3.05) is 26.3 Å². The van der Waals surface area contributed by atoms with Crippen LogP contribution in [0.4, 0.5) is 0 Å². The Labute approximate surface area is 53.5 Å². The molecule has 0 aliphatic heterocycles. The predicted molar refractivity (Wildman–Crippen MR) is 31.0 cm³/mol. The average molecular weight is 136 g/mol. The van der Waals surface area contributed by atoms with Crippen LogP contribution in [0.5, 0.6) is 0 Å². The molecule has 0 saturated heterocycles. The fourth-order valence-corrected chi connectivity index (χ4v) is 0.440. The van der Waals surface area contributed by atoms with E-state index >= 15 is 0 Å². The SMILES string of the molecule is NON(CCO)CCO. The van der Waals surface area contributed by atoms with Gasteiger partial charge in [0.25, 0.3) is 0 Å². The Morgan fingerprint density at radius 3 is 1.89 bits per heavy atom. The van der Waals surface area contributed by atoms with Gasteiger partial charge in [0.15, 0.2) is 0 Å². The second-order valence-electron chi connectivity index (χ2n) is 1.48. The summed E-state index contributed by atoms with van der Waals surface area (Å²) in [5.74, 6) is 4.75. The Hall–Kier alpha value is -0.200. The summed E-state index contributed by atoms with van der Waals surface area (Å²) in [6, 6.07) is 0. The maximum Gasteiger partial charge on any atom is 0.0582 e. The molecule has 0 spiro atoms. The van der Waals surface area contributed by atoms with E-state index in [0.29, 0.717) is 13.1 Å². The van der Waals surface area contributed by atoms with E-state index in [9.17, 15) is 0 Å². The molecular formula is C4H12N2O3. The van der Waals surface area contributed by atoms with E-state index in [1.807, 2.05) is 0 Å². The van der Waals surface area contributed by atoms with Crippen molar-refractivity contribution >= 4 is 0 Å². The second-order valence-corrected chi connectivity index (χ2v) is 1.48. The van der Waals surface area contributed by atoms with Crippen molar-refractivity contribution < 1.29 is 15.2 Å².